The average Bonchev–Trinajstić information content (AvgIpc) is 3.08. The van der Waals surface area contributed by atoms with E-state index in [1.54, 1.807) is 18.3 Å². The number of fused-ring (bicyclic) bond motifs is 1. The van der Waals surface area contributed by atoms with E-state index in [1.165, 1.54) is 0 Å². The third-order valence-corrected chi connectivity index (χ3v) is 5.31. The summed E-state index contributed by atoms with van der Waals surface area (Å²) in [4.78, 5) is 37.9. The molecule has 2 aliphatic rings. The summed E-state index contributed by atoms with van der Waals surface area (Å²) in [6, 6.07) is 11.4. The summed E-state index contributed by atoms with van der Waals surface area (Å²) in [7, 11) is 0. The Morgan fingerprint density at radius 1 is 1.15 bits per heavy atom. The van der Waals surface area contributed by atoms with E-state index in [2.05, 4.69) is 9.97 Å². The molecule has 2 aliphatic heterocycles. The van der Waals surface area contributed by atoms with E-state index in [0.29, 0.717) is 25.2 Å². The van der Waals surface area contributed by atoms with Gasteiger partial charge in [0, 0.05) is 24.9 Å². The molecular formula is C20H22N4O2. The fourth-order valence-electron chi connectivity index (χ4n) is 4.11. The van der Waals surface area contributed by atoms with Gasteiger partial charge in [-0.15, -0.1) is 0 Å². The van der Waals surface area contributed by atoms with E-state index < -0.39 is 0 Å². The van der Waals surface area contributed by atoms with Crippen molar-refractivity contribution < 1.29 is 9.59 Å². The molecule has 0 spiro atoms. The molecule has 0 aliphatic carbocycles. The van der Waals surface area contributed by atoms with Gasteiger partial charge in [0.1, 0.15) is 5.69 Å². The molecule has 0 unspecified atom stereocenters. The summed E-state index contributed by atoms with van der Waals surface area (Å²) in [6.45, 7) is 3.12. The summed E-state index contributed by atoms with van der Waals surface area (Å²) < 4.78 is 0. The molecule has 6 heteroatoms. The van der Waals surface area contributed by atoms with E-state index >= 15 is 0 Å². The average molecular weight is 350 g/mol. The second-order valence-electron chi connectivity index (χ2n) is 6.97. The number of rotatable bonds is 3. The van der Waals surface area contributed by atoms with E-state index in [1.807, 2.05) is 41.0 Å². The first-order valence-corrected chi connectivity index (χ1v) is 9.07. The maximum Gasteiger partial charge on any atom is 0.272 e. The van der Waals surface area contributed by atoms with Gasteiger partial charge < -0.3 is 9.80 Å². The van der Waals surface area contributed by atoms with Crippen LogP contribution < -0.4 is 0 Å². The monoisotopic (exact) mass is 350 g/mol. The maximum absolute atomic E-state index is 12.8. The lowest BCUT2D eigenvalue weighted by atomic mass is 9.95. The molecule has 0 saturated carbocycles. The molecule has 6 nitrogen and oxygen atoms in total. The summed E-state index contributed by atoms with van der Waals surface area (Å²) in [5.74, 6) is 0.114. The van der Waals surface area contributed by atoms with Crippen molar-refractivity contribution in [3.05, 3.63) is 59.7 Å². The van der Waals surface area contributed by atoms with E-state index in [-0.39, 0.29) is 23.9 Å². The zero-order valence-corrected chi connectivity index (χ0v) is 14.8. The van der Waals surface area contributed by atoms with Gasteiger partial charge in [-0.1, -0.05) is 12.1 Å². The van der Waals surface area contributed by atoms with Crippen LogP contribution in [0.15, 0.2) is 42.6 Å². The molecule has 4 rings (SSSR count). The molecule has 26 heavy (non-hydrogen) atoms. The van der Waals surface area contributed by atoms with Crippen LogP contribution in [0.5, 0.6) is 0 Å². The van der Waals surface area contributed by atoms with Crippen LogP contribution >= 0.6 is 0 Å². The van der Waals surface area contributed by atoms with Crippen molar-refractivity contribution >= 4 is 11.8 Å². The van der Waals surface area contributed by atoms with Crippen molar-refractivity contribution in [2.75, 3.05) is 6.54 Å². The molecule has 2 fully saturated rings. The number of carbonyl (C=O) groups is 2. The second-order valence-corrected chi connectivity index (χ2v) is 6.97. The highest BCUT2D eigenvalue weighted by Crippen LogP contribution is 2.33. The zero-order chi connectivity index (χ0) is 18.1. The largest absolute Gasteiger partial charge is 0.332 e. The highest BCUT2D eigenvalue weighted by molar-refractivity contribution is 5.93. The van der Waals surface area contributed by atoms with Gasteiger partial charge in [-0.2, -0.15) is 0 Å². The number of nitrogens with zero attached hydrogens (tertiary/aromatic N) is 4. The standard InChI is InChI=1S/C20H22N4O2/c1-14-5-4-6-15(22-14)13-24-18-10-12-23(17(18)8-9-19(24)25)20(26)16-7-2-3-11-21-16/h2-7,11,17-18H,8-10,12-13H2,1H3/t17-,18-/m0/s1. The number of hydrogen-bond donors (Lipinski definition) is 0. The van der Waals surface area contributed by atoms with Crippen LogP contribution in [0.3, 0.4) is 0 Å². The van der Waals surface area contributed by atoms with Crippen molar-refractivity contribution in [2.45, 2.75) is 44.8 Å². The first kappa shape index (κ1) is 16.7. The molecule has 0 N–H and O–H groups in total. The first-order chi connectivity index (χ1) is 12.6. The molecule has 2 atom stereocenters. The van der Waals surface area contributed by atoms with Crippen LogP contribution in [0.4, 0.5) is 0 Å². The Balaban J connectivity index is 1.54. The third kappa shape index (κ3) is 3.07. The Morgan fingerprint density at radius 2 is 2.04 bits per heavy atom. The number of piperidine rings is 1. The number of aryl methyl sites for hydroxylation is 1. The predicted octanol–water partition coefficient (Wildman–Crippen LogP) is 2.19. The molecule has 4 heterocycles. The Kier molecular flexibility index (Phi) is 4.41. The number of pyridine rings is 2. The van der Waals surface area contributed by atoms with Crippen LogP contribution in [0, 0.1) is 6.92 Å². The van der Waals surface area contributed by atoms with Crippen LogP contribution in [0.1, 0.15) is 41.1 Å². The van der Waals surface area contributed by atoms with Gasteiger partial charge in [-0.05, 0) is 44.0 Å². The summed E-state index contributed by atoms with van der Waals surface area (Å²) in [6.07, 6.45) is 3.64. The molecule has 2 aromatic rings. The Hall–Kier alpha value is -2.76. The van der Waals surface area contributed by atoms with Gasteiger partial charge in [-0.25, -0.2) is 0 Å². The van der Waals surface area contributed by atoms with Gasteiger partial charge in [-0.3, -0.25) is 19.6 Å². The normalized spacial score (nSPS) is 22.4. The minimum Gasteiger partial charge on any atom is -0.332 e. The number of carbonyl (C=O) groups excluding carboxylic acids is 2. The van der Waals surface area contributed by atoms with Gasteiger partial charge in [0.05, 0.1) is 24.3 Å². The van der Waals surface area contributed by atoms with Crippen molar-refractivity contribution in [3.8, 4) is 0 Å². The van der Waals surface area contributed by atoms with E-state index in [0.717, 1.165) is 24.2 Å². The molecular weight excluding hydrogens is 328 g/mol. The van der Waals surface area contributed by atoms with Gasteiger partial charge in [0.2, 0.25) is 5.91 Å². The summed E-state index contributed by atoms with van der Waals surface area (Å²) >= 11 is 0. The number of hydrogen-bond acceptors (Lipinski definition) is 4. The minimum atomic E-state index is -0.0407. The van der Waals surface area contributed by atoms with Crippen molar-refractivity contribution in [1.82, 2.24) is 19.8 Å². The third-order valence-electron chi connectivity index (χ3n) is 5.31. The molecule has 2 aromatic heterocycles. The molecule has 0 bridgehead atoms. The van der Waals surface area contributed by atoms with Crippen LogP contribution in [0.25, 0.3) is 0 Å². The highest BCUT2D eigenvalue weighted by atomic mass is 16.2. The molecule has 134 valence electrons. The molecule has 2 amide bonds. The number of amides is 2. The van der Waals surface area contributed by atoms with E-state index in [9.17, 15) is 9.59 Å². The SMILES string of the molecule is Cc1cccc(CN2C(=O)CC[C@H]3[C@@H]2CCN3C(=O)c2ccccn2)n1. The fourth-order valence-corrected chi connectivity index (χ4v) is 4.11. The predicted molar refractivity (Wildman–Crippen MR) is 96.2 cm³/mol. The highest BCUT2D eigenvalue weighted by Gasteiger charge is 2.45. The van der Waals surface area contributed by atoms with Crippen molar-refractivity contribution in [1.29, 1.82) is 0 Å². The lowest BCUT2D eigenvalue weighted by Gasteiger charge is -2.39. The fraction of sp³-hybridized carbons (Fsp3) is 0.400. The van der Waals surface area contributed by atoms with E-state index in [4.69, 9.17) is 0 Å². The second kappa shape index (κ2) is 6.86. The Labute approximate surface area is 152 Å². The zero-order valence-electron chi connectivity index (χ0n) is 14.8. The van der Waals surface area contributed by atoms with Gasteiger partial charge >= 0.3 is 0 Å². The lowest BCUT2D eigenvalue weighted by Crippen LogP contribution is -2.52. The first-order valence-electron chi connectivity index (χ1n) is 9.07. The van der Waals surface area contributed by atoms with Crippen LogP contribution in [0.2, 0.25) is 0 Å². The lowest BCUT2D eigenvalue weighted by molar-refractivity contribution is -0.138. The summed E-state index contributed by atoms with van der Waals surface area (Å²) in [5, 5.41) is 0. The quantitative estimate of drug-likeness (QED) is 0.851. The van der Waals surface area contributed by atoms with Crippen LogP contribution in [-0.2, 0) is 11.3 Å². The number of likely N-dealkylation sites (tertiary alicyclic amines) is 2. The van der Waals surface area contributed by atoms with Crippen molar-refractivity contribution in [3.63, 3.8) is 0 Å². The molecule has 2 saturated heterocycles. The van der Waals surface area contributed by atoms with Gasteiger partial charge in [0.25, 0.3) is 5.91 Å². The number of aromatic nitrogens is 2. The van der Waals surface area contributed by atoms with Crippen molar-refractivity contribution in [2.24, 2.45) is 0 Å². The summed E-state index contributed by atoms with van der Waals surface area (Å²) in [5.41, 5.74) is 2.31. The minimum absolute atomic E-state index is 0.0407. The molecule has 0 radical (unpaired) electrons. The topological polar surface area (TPSA) is 66.4 Å². The molecule has 0 aromatic carbocycles. The Morgan fingerprint density at radius 3 is 2.81 bits per heavy atom. The van der Waals surface area contributed by atoms with Gasteiger partial charge in [0.15, 0.2) is 0 Å². The smallest absolute Gasteiger partial charge is 0.272 e. The maximum atomic E-state index is 12.8. The van der Waals surface area contributed by atoms with Crippen LogP contribution in [-0.4, -0.2) is 50.2 Å². The Bertz CT molecular complexity index is 824.